The molecule has 0 unspecified atom stereocenters. The number of para-hydroxylation sites is 1. The zero-order valence-electron chi connectivity index (χ0n) is 15.1. The van der Waals surface area contributed by atoms with E-state index in [2.05, 4.69) is 25.3 Å². The Hall–Kier alpha value is -2.25. The minimum absolute atomic E-state index is 0.0413. The second kappa shape index (κ2) is 7.76. The van der Waals surface area contributed by atoms with Crippen molar-refractivity contribution in [2.45, 2.75) is 27.3 Å². The largest absolute Gasteiger partial charge is 0.340 e. The summed E-state index contributed by atoms with van der Waals surface area (Å²) in [6.07, 6.45) is 0. The Bertz CT molecular complexity index is 715. The SMILES string of the molecule is Cc1nc(CN2CCN(CC(=O)Nc3c(C)cccc3C)CC2)no1. The van der Waals surface area contributed by atoms with E-state index in [-0.39, 0.29) is 5.91 Å². The predicted octanol–water partition coefficient (Wildman–Crippen LogP) is 1.75. The van der Waals surface area contributed by atoms with Gasteiger partial charge in [-0.05, 0) is 25.0 Å². The molecule has 2 heterocycles. The van der Waals surface area contributed by atoms with Gasteiger partial charge in [0.05, 0.1) is 13.1 Å². The van der Waals surface area contributed by atoms with E-state index in [1.165, 1.54) is 0 Å². The number of amides is 1. The van der Waals surface area contributed by atoms with Crippen molar-refractivity contribution < 1.29 is 9.32 Å². The lowest BCUT2D eigenvalue weighted by atomic mass is 10.1. The average Bonchev–Trinajstić information content (AvgIpc) is 2.98. The minimum atomic E-state index is 0.0413. The number of hydrogen-bond donors (Lipinski definition) is 1. The summed E-state index contributed by atoms with van der Waals surface area (Å²) in [4.78, 5) is 21.1. The van der Waals surface area contributed by atoms with E-state index in [4.69, 9.17) is 4.52 Å². The topological polar surface area (TPSA) is 74.5 Å². The lowest BCUT2D eigenvalue weighted by Crippen LogP contribution is -2.48. The molecule has 1 fully saturated rings. The quantitative estimate of drug-likeness (QED) is 0.891. The first-order valence-electron chi connectivity index (χ1n) is 8.61. The maximum absolute atomic E-state index is 12.4. The highest BCUT2D eigenvalue weighted by atomic mass is 16.5. The fourth-order valence-electron chi connectivity index (χ4n) is 3.10. The second-order valence-corrected chi connectivity index (χ2v) is 6.60. The van der Waals surface area contributed by atoms with Crippen LogP contribution in [0.1, 0.15) is 22.8 Å². The van der Waals surface area contributed by atoms with E-state index in [9.17, 15) is 4.79 Å². The number of rotatable bonds is 5. The van der Waals surface area contributed by atoms with Gasteiger partial charge in [-0.3, -0.25) is 14.6 Å². The number of nitrogens with one attached hydrogen (secondary N) is 1. The van der Waals surface area contributed by atoms with Gasteiger partial charge in [0.1, 0.15) is 0 Å². The molecule has 0 radical (unpaired) electrons. The number of piperazine rings is 1. The summed E-state index contributed by atoms with van der Waals surface area (Å²) in [6, 6.07) is 6.03. The number of benzene rings is 1. The van der Waals surface area contributed by atoms with Crippen LogP contribution in [0.15, 0.2) is 22.7 Å². The van der Waals surface area contributed by atoms with Gasteiger partial charge in [-0.15, -0.1) is 0 Å². The van der Waals surface area contributed by atoms with Crippen LogP contribution in [0.5, 0.6) is 0 Å². The Morgan fingerprint density at radius 3 is 2.36 bits per heavy atom. The van der Waals surface area contributed by atoms with Crippen LogP contribution in [0.25, 0.3) is 0 Å². The zero-order chi connectivity index (χ0) is 17.8. The zero-order valence-corrected chi connectivity index (χ0v) is 15.1. The molecule has 1 N–H and O–H groups in total. The number of carbonyl (C=O) groups excluding carboxylic acids is 1. The van der Waals surface area contributed by atoms with Gasteiger partial charge in [-0.1, -0.05) is 23.4 Å². The van der Waals surface area contributed by atoms with Crippen LogP contribution >= 0.6 is 0 Å². The molecular formula is C18H25N5O2. The van der Waals surface area contributed by atoms with Gasteiger partial charge in [-0.2, -0.15) is 4.98 Å². The summed E-state index contributed by atoms with van der Waals surface area (Å²) in [7, 11) is 0. The summed E-state index contributed by atoms with van der Waals surface area (Å²) in [5, 5.41) is 6.99. The molecule has 7 heteroatoms. The van der Waals surface area contributed by atoms with Crippen LogP contribution in [-0.2, 0) is 11.3 Å². The minimum Gasteiger partial charge on any atom is -0.340 e. The number of hydrogen-bond acceptors (Lipinski definition) is 6. The average molecular weight is 343 g/mol. The van der Waals surface area contributed by atoms with Crippen molar-refractivity contribution in [1.82, 2.24) is 19.9 Å². The molecule has 0 bridgehead atoms. The molecular weight excluding hydrogens is 318 g/mol. The first-order chi connectivity index (χ1) is 12.0. The molecule has 0 saturated carbocycles. The summed E-state index contributed by atoms with van der Waals surface area (Å²) in [6.45, 7) is 10.4. The van der Waals surface area contributed by atoms with Gasteiger partial charge in [0.25, 0.3) is 0 Å². The van der Waals surface area contributed by atoms with Crippen molar-refractivity contribution in [3.8, 4) is 0 Å². The Morgan fingerprint density at radius 2 is 1.76 bits per heavy atom. The third kappa shape index (κ3) is 4.64. The smallest absolute Gasteiger partial charge is 0.238 e. The molecule has 0 aliphatic carbocycles. The van der Waals surface area contributed by atoms with Crippen LogP contribution < -0.4 is 5.32 Å². The Labute approximate surface area is 148 Å². The van der Waals surface area contributed by atoms with Gasteiger partial charge in [-0.25, -0.2) is 0 Å². The lowest BCUT2D eigenvalue weighted by molar-refractivity contribution is -0.117. The Morgan fingerprint density at radius 1 is 1.12 bits per heavy atom. The summed E-state index contributed by atoms with van der Waals surface area (Å²) in [5.41, 5.74) is 3.11. The highest BCUT2D eigenvalue weighted by molar-refractivity contribution is 5.93. The van der Waals surface area contributed by atoms with Crippen molar-refractivity contribution in [2.24, 2.45) is 0 Å². The normalized spacial score (nSPS) is 16.1. The van der Waals surface area contributed by atoms with Gasteiger partial charge in [0.2, 0.25) is 11.8 Å². The predicted molar refractivity (Wildman–Crippen MR) is 95.3 cm³/mol. The molecule has 1 aliphatic heterocycles. The van der Waals surface area contributed by atoms with Crippen LogP contribution in [0, 0.1) is 20.8 Å². The van der Waals surface area contributed by atoms with Gasteiger partial charge < -0.3 is 9.84 Å². The molecule has 25 heavy (non-hydrogen) atoms. The van der Waals surface area contributed by atoms with Gasteiger partial charge in [0.15, 0.2) is 5.82 Å². The van der Waals surface area contributed by atoms with Crippen LogP contribution in [0.3, 0.4) is 0 Å². The standard InChI is InChI=1S/C18H25N5O2/c1-13-5-4-6-14(2)18(13)20-17(24)12-23-9-7-22(8-10-23)11-16-19-15(3)25-21-16/h4-6H,7-12H2,1-3H3,(H,20,24). The highest BCUT2D eigenvalue weighted by Crippen LogP contribution is 2.19. The Balaban J connectivity index is 1.46. The van der Waals surface area contributed by atoms with Crippen molar-refractivity contribution in [2.75, 3.05) is 38.0 Å². The molecule has 3 rings (SSSR count). The van der Waals surface area contributed by atoms with Crippen LogP contribution in [0.4, 0.5) is 5.69 Å². The fourth-order valence-corrected chi connectivity index (χ4v) is 3.10. The number of aromatic nitrogens is 2. The summed E-state index contributed by atoms with van der Waals surface area (Å²) in [5.74, 6) is 1.36. The second-order valence-electron chi connectivity index (χ2n) is 6.60. The van der Waals surface area contributed by atoms with E-state index in [0.29, 0.717) is 19.0 Å². The van der Waals surface area contributed by atoms with Gasteiger partial charge in [0, 0.05) is 38.8 Å². The molecule has 1 aromatic heterocycles. The molecule has 0 spiro atoms. The maximum atomic E-state index is 12.4. The van der Waals surface area contributed by atoms with E-state index in [0.717, 1.165) is 48.8 Å². The first kappa shape index (κ1) is 17.6. The van der Waals surface area contributed by atoms with E-state index < -0.39 is 0 Å². The molecule has 7 nitrogen and oxygen atoms in total. The molecule has 2 aromatic rings. The van der Waals surface area contributed by atoms with Crippen molar-refractivity contribution >= 4 is 11.6 Å². The van der Waals surface area contributed by atoms with Gasteiger partial charge >= 0.3 is 0 Å². The number of aryl methyl sites for hydroxylation is 3. The first-order valence-corrected chi connectivity index (χ1v) is 8.61. The van der Waals surface area contributed by atoms with Crippen molar-refractivity contribution in [3.05, 3.63) is 41.0 Å². The van der Waals surface area contributed by atoms with E-state index >= 15 is 0 Å². The number of anilines is 1. The third-order valence-corrected chi connectivity index (χ3v) is 4.51. The molecule has 134 valence electrons. The fraction of sp³-hybridized carbons (Fsp3) is 0.500. The molecule has 1 amide bonds. The summed E-state index contributed by atoms with van der Waals surface area (Å²) >= 11 is 0. The van der Waals surface area contributed by atoms with Crippen molar-refractivity contribution in [1.29, 1.82) is 0 Å². The highest BCUT2D eigenvalue weighted by Gasteiger charge is 2.20. The molecule has 1 aliphatic rings. The molecule has 1 saturated heterocycles. The monoisotopic (exact) mass is 343 g/mol. The number of nitrogens with zero attached hydrogens (tertiary/aromatic N) is 4. The third-order valence-electron chi connectivity index (χ3n) is 4.51. The Kier molecular flexibility index (Phi) is 5.45. The van der Waals surface area contributed by atoms with E-state index in [1.807, 2.05) is 32.0 Å². The molecule has 1 aromatic carbocycles. The number of carbonyl (C=O) groups is 1. The molecule has 0 atom stereocenters. The van der Waals surface area contributed by atoms with Crippen LogP contribution in [0.2, 0.25) is 0 Å². The van der Waals surface area contributed by atoms with E-state index in [1.54, 1.807) is 6.92 Å². The maximum Gasteiger partial charge on any atom is 0.238 e. The lowest BCUT2D eigenvalue weighted by Gasteiger charge is -2.33. The van der Waals surface area contributed by atoms with Crippen LogP contribution in [-0.4, -0.2) is 58.6 Å². The summed E-state index contributed by atoms with van der Waals surface area (Å²) < 4.78 is 5.00. The van der Waals surface area contributed by atoms with Crippen molar-refractivity contribution in [3.63, 3.8) is 0 Å².